The second kappa shape index (κ2) is 11.7. The van der Waals surface area contributed by atoms with E-state index >= 15 is 0 Å². The van der Waals surface area contributed by atoms with Gasteiger partial charge in [0.05, 0.1) is 40.8 Å². The number of carbonyl (C=O) groups is 1. The highest BCUT2D eigenvalue weighted by Crippen LogP contribution is 2.48. The number of nitrogens with zero attached hydrogens (tertiary/aromatic N) is 4. The van der Waals surface area contributed by atoms with Gasteiger partial charge in [-0.2, -0.15) is 0 Å². The van der Waals surface area contributed by atoms with E-state index in [1.165, 1.54) is 5.56 Å². The molecule has 2 aromatic heterocycles. The Balaban J connectivity index is 1.56. The zero-order valence-corrected chi connectivity index (χ0v) is 24.0. The number of halogens is 2. The van der Waals surface area contributed by atoms with Crippen molar-refractivity contribution in [2.75, 3.05) is 37.7 Å². The van der Waals surface area contributed by atoms with Crippen LogP contribution in [-0.4, -0.2) is 53.6 Å². The Hall–Kier alpha value is -2.87. The lowest BCUT2D eigenvalue weighted by Crippen LogP contribution is -2.58. The number of anilines is 1. The summed E-state index contributed by atoms with van der Waals surface area (Å²) in [5.74, 6) is 0.924. The maximum absolute atomic E-state index is 13.2. The number of nitrogens with two attached hydrogens (primary N) is 1. The summed E-state index contributed by atoms with van der Waals surface area (Å²) in [7, 11) is 0. The molecule has 2 N–H and O–H groups in total. The molecule has 0 radical (unpaired) electrons. The molecular formula is C30H35Cl2N5O2. The molecule has 1 amide bonds. The summed E-state index contributed by atoms with van der Waals surface area (Å²) in [5.41, 5.74) is 10.4. The van der Waals surface area contributed by atoms with Crippen molar-refractivity contribution in [3.63, 3.8) is 0 Å². The predicted octanol–water partition coefficient (Wildman–Crippen LogP) is 5.71. The highest BCUT2D eigenvalue weighted by Gasteiger charge is 2.49. The SMILES string of the molecule is CCOc1ncccc1-c1ccc2c(n1)CN(C(=O)CCN)C[C@]21CCN(c2ccc(Cl)cc2Cl)C[C@H]1CC. The minimum atomic E-state index is -0.217. The summed E-state index contributed by atoms with van der Waals surface area (Å²) in [5, 5.41) is 1.28. The third kappa shape index (κ3) is 5.32. The van der Waals surface area contributed by atoms with Gasteiger partial charge in [0.25, 0.3) is 0 Å². The van der Waals surface area contributed by atoms with Gasteiger partial charge < -0.3 is 20.3 Å². The van der Waals surface area contributed by atoms with Crippen molar-refractivity contribution < 1.29 is 9.53 Å². The first-order chi connectivity index (χ1) is 18.9. The van der Waals surface area contributed by atoms with Gasteiger partial charge in [0, 0.05) is 49.2 Å². The summed E-state index contributed by atoms with van der Waals surface area (Å²) in [4.78, 5) is 27.1. The highest BCUT2D eigenvalue weighted by molar-refractivity contribution is 6.36. The molecule has 4 heterocycles. The number of fused-ring (bicyclic) bond motifs is 2. The molecule has 9 heteroatoms. The van der Waals surface area contributed by atoms with Crippen LogP contribution in [-0.2, 0) is 16.8 Å². The summed E-state index contributed by atoms with van der Waals surface area (Å²) < 4.78 is 5.79. The molecule has 1 fully saturated rings. The van der Waals surface area contributed by atoms with Crippen LogP contribution < -0.4 is 15.4 Å². The summed E-state index contributed by atoms with van der Waals surface area (Å²) in [6.07, 6.45) is 3.88. The van der Waals surface area contributed by atoms with E-state index in [1.807, 2.05) is 36.1 Å². The van der Waals surface area contributed by atoms with Crippen molar-refractivity contribution >= 4 is 34.8 Å². The number of aromatic nitrogens is 2. The molecule has 0 aliphatic carbocycles. The second-order valence-corrected chi connectivity index (χ2v) is 11.2. The smallest absolute Gasteiger partial charge is 0.224 e. The molecule has 1 aromatic carbocycles. The number of hydrogen-bond acceptors (Lipinski definition) is 6. The van der Waals surface area contributed by atoms with Gasteiger partial charge in [0.2, 0.25) is 11.8 Å². The van der Waals surface area contributed by atoms with E-state index in [-0.39, 0.29) is 17.2 Å². The lowest BCUT2D eigenvalue weighted by Gasteiger charge is -2.53. The largest absolute Gasteiger partial charge is 0.477 e. The Labute approximate surface area is 240 Å². The van der Waals surface area contributed by atoms with E-state index in [2.05, 4.69) is 28.9 Å². The standard InChI is InChI=1S/C30H35Cl2N5O2/c1-3-20-17-36(27-10-7-21(31)16-24(27)32)15-12-30(20)19-37(28(38)11-13-33)18-26-23(30)8-9-25(35-26)22-6-5-14-34-29(22)39-4-2/h5-10,14,16,20H,3-4,11-13,15,17-19,33H2,1-2H3/t20-,30+/m1/s1. The predicted molar refractivity (Wildman–Crippen MR) is 156 cm³/mol. The average Bonchev–Trinajstić information content (AvgIpc) is 2.94. The van der Waals surface area contributed by atoms with Gasteiger partial charge in [0.15, 0.2) is 0 Å². The van der Waals surface area contributed by atoms with E-state index in [4.69, 9.17) is 38.7 Å². The minimum Gasteiger partial charge on any atom is -0.477 e. The van der Waals surface area contributed by atoms with Crippen LogP contribution >= 0.6 is 23.2 Å². The van der Waals surface area contributed by atoms with Gasteiger partial charge in [-0.15, -0.1) is 0 Å². The number of carbonyl (C=O) groups excluding carboxylic acids is 1. The Bertz CT molecular complexity index is 1350. The monoisotopic (exact) mass is 567 g/mol. The minimum absolute atomic E-state index is 0.0733. The molecule has 0 saturated carbocycles. The van der Waals surface area contributed by atoms with E-state index in [9.17, 15) is 4.79 Å². The number of amides is 1. The molecule has 1 saturated heterocycles. The fourth-order valence-electron chi connectivity index (χ4n) is 6.29. The van der Waals surface area contributed by atoms with Crippen molar-refractivity contribution in [2.45, 2.75) is 45.1 Å². The van der Waals surface area contributed by atoms with Crippen LogP contribution in [0.4, 0.5) is 5.69 Å². The normalized spacial score (nSPS) is 20.7. The summed E-state index contributed by atoms with van der Waals surface area (Å²) >= 11 is 12.8. The van der Waals surface area contributed by atoms with E-state index in [0.717, 1.165) is 48.6 Å². The molecule has 0 bridgehead atoms. The number of hydrogen-bond donors (Lipinski definition) is 1. The van der Waals surface area contributed by atoms with Crippen LogP contribution in [0.2, 0.25) is 10.0 Å². The maximum Gasteiger partial charge on any atom is 0.224 e. The third-order valence-corrected chi connectivity index (χ3v) is 8.69. The number of ether oxygens (including phenoxy) is 1. The topological polar surface area (TPSA) is 84.6 Å². The molecule has 39 heavy (non-hydrogen) atoms. The molecule has 7 nitrogen and oxygen atoms in total. The van der Waals surface area contributed by atoms with Gasteiger partial charge in [-0.05, 0) is 61.2 Å². The quantitative estimate of drug-likeness (QED) is 0.393. The molecule has 2 atom stereocenters. The summed E-state index contributed by atoms with van der Waals surface area (Å²) in [6, 6.07) is 13.9. The first-order valence-electron chi connectivity index (χ1n) is 13.7. The van der Waals surface area contributed by atoms with Crippen LogP contribution in [0, 0.1) is 5.92 Å². The number of benzene rings is 1. The highest BCUT2D eigenvalue weighted by atomic mass is 35.5. The van der Waals surface area contributed by atoms with Crippen LogP contribution in [0.5, 0.6) is 5.88 Å². The molecular weight excluding hydrogens is 533 g/mol. The lowest BCUT2D eigenvalue weighted by molar-refractivity contribution is -0.133. The van der Waals surface area contributed by atoms with E-state index < -0.39 is 0 Å². The van der Waals surface area contributed by atoms with Crippen LogP contribution in [0.15, 0.2) is 48.7 Å². The van der Waals surface area contributed by atoms with Crippen LogP contribution in [0.25, 0.3) is 11.3 Å². The number of piperidine rings is 1. The Morgan fingerprint density at radius 3 is 2.79 bits per heavy atom. The van der Waals surface area contributed by atoms with E-state index in [0.29, 0.717) is 48.6 Å². The molecule has 1 spiro atoms. The molecule has 0 unspecified atom stereocenters. The zero-order valence-electron chi connectivity index (χ0n) is 22.5. The first kappa shape index (κ1) is 27.7. The molecule has 206 valence electrons. The van der Waals surface area contributed by atoms with Crippen LogP contribution in [0.3, 0.4) is 0 Å². The molecule has 3 aromatic rings. The summed E-state index contributed by atoms with van der Waals surface area (Å²) in [6.45, 7) is 7.80. The zero-order chi connectivity index (χ0) is 27.6. The third-order valence-electron chi connectivity index (χ3n) is 8.16. The fourth-order valence-corrected chi connectivity index (χ4v) is 6.82. The lowest BCUT2D eigenvalue weighted by atomic mass is 9.62. The number of pyridine rings is 2. The Kier molecular flexibility index (Phi) is 8.31. The molecule has 2 aliphatic rings. The first-order valence-corrected chi connectivity index (χ1v) is 14.4. The Morgan fingerprint density at radius 2 is 2.05 bits per heavy atom. The van der Waals surface area contributed by atoms with Gasteiger partial charge in [-0.1, -0.05) is 42.6 Å². The number of rotatable bonds is 7. The molecule has 2 aliphatic heterocycles. The van der Waals surface area contributed by atoms with Crippen molar-refractivity contribution in [1.82, 2.24) is 14.9 Å². The Morgan fingerprint density at radius 1 is 1.21 bits per heavy atom. The maximum atomic E-state index is 13.2. The van der Waals surface area contributed by atoms with E-state index in [1.54, 1.807) is 12.3 Å². The van der Waals surface area contributed by atoms with Crippen molar-refractivity contribution in [3.05, 3.63) is 70.0 Å². The molecule has 5 rings (SSSR count). The van der Waals surface area contributed by atoms with Gasteiger partial charge in [-0.25, -0.2) is 4.98 Å². The van der Waals surface area contributed by atoms with Crippen molar-refractivity contribution in [1.29, 1.82) is 0 Å². The second-order valence-electron chi connectivity index (χ2n) is 10.3. The van der Waals surface area contributed by atoms with Gasteiger partial charge in [0.1, 0.15) is 0 Å². The van der Waals surface area contributed by atoms with Gasteiger partial charge in [-0.3, -0.25) is 9.78 Å². The van der Waals surface area contributed by atoms with Crippen LogP contribution in [0.1, 0.15) is 44.4 Å². The average molecular weight is 569 g/mol. The fraction of sp³-hybridized carbons (Fsp3) is 0.433. The van der Waals surface area contributed by atoms with Crippen molar-refractivity contribution in [3.8, 4) is 17.1 Å². The van der Waals surface area contributed by atoms with Crippen molar-refractivity contribution in [2.24, 2.45) is 11.7 Å². The van der Waals surface area contributed by atoms with Gasteiger partial charge >= 0.3 is 0 Å².